The van der Waals surface area contributed by atoms with Gasteiger partial charge in [-0.3, -0.25) is 4.79 Å². The van der Waals surface area contributed by atoms with Crippen LogP contribution in [0.5, 0.6) is 5.75 Å². The van der Waals surface area contributed by atoms with Gasteiger partial charge in [0.05, 0.1) is 12.8 Å². The lowest BCUT2D eigenvalue weighted by Gasteiger charge is -2.24. The maximum atomic E-state index is 16.1. The van der Waals surface area contributed by atoms with E-state index in [1.165, 1.54) is 19.2 Å². The molecule has 1 aliphatic heterocycles. The molecule has 2 amide bonds. The molecule has 2 aromatic carbocycles. The maximum absolute atomic E-state index is 16.1. The number of anilines is 1. The van der Waals surface area contributed by atoms with Gasteiger partial charge < -0.3 is 9.47 Å². The Labute approximate surface area is 157 Å². The monoisotopic (exact) mass is 371 g/mol. The van der Waals surface area contributed by atoms with Crippen LogP contribution < -0.4 is 9.64 Å². The van der Waals surface area contributed by atoms with Gasteiger partial charge in [0, 0.05) is 12.0 Å². The second-order valence-electron chi connectivity index (χ2n) is 7.47. The number of carbonyl (C=O) groups is 2. The van der Waals surface area contributed by atoms with Gasteiger partial charge in [-0.2, -0.15) is 0 Å². The number of benzene rings is 2. The van der Waals surface area contributed by atoms with Gasteiger partial charge in [0.25, 0.3) is 5.91 Å². The van der Waals surface area contributed by atoms with E-state index in [0.29, 0.717) is 11.3 Å². The van der Waals surface area contributed by atoms with Gasteiger partial charge in [0.15, 0.2) is 0 Å². The smallest absolute Gasteiger partial charge is 0.421 e. The molecule has 5 nitrogen and oxygen atoms in total. The predicted octanol–water partition coefficient (Wildman–Crippen LogP) is 4.38. The molecular formula is C21H22FNO4. The van der Waals surface area contributed by atoms with Crippen molar-refractivity contribution in [2.45, 2.75) is 38.5 Å². The van der Waals surface area contributed by atoms with Crippen molar-refractivity contribution in [2.24, 2.45) is 0 Å². The third-order valence-corrected chi connectivity index (χ3v) is 4.28. The van der Waals surface area contributed by atoms with E-state index >= 15 is 4.39 Å². The third kappa shape index (κ3) is 3.52. The molecule has 0 saturated carbocycles. The van der Waals surface area contributed by atoms with Crippen molar-refractivity contribution in [3.05, 3.63) is 59.7 Å². The fraction of sp³-hybridized carbons (Fsp3) is 0.333. The molecule has 1 aliphatic rings. The largest absolute Gasteiger partial charge is 0.497 e. The SMILES string of the molecule is COc1ccc2c(c1)[C@](F)(Cc1ccccc1)C(=O)N2C(=O)OC(C)(C)C. The van der Waals surface area contributed by atoms with Gasteiger partial charge in [0.1, 0.15) is 11.4 Å². The van der Waals surface area contributed by atoms with Gasteiger partial charge in [-0.1, -0.05) is 30.3 Å². The van der Waals surface area contributed by atoms with Crippen LogP contribution in [-0.2, 0) is 21.6 Å². The van der Waals surface area contributed by atoms with Crippen molar-refractivity contribution in [1.82, 2.24) is 0 Å². The van der Waals surface area contributed by atoms with Gasteiger partial charge in [0.2, 0.25) is 5.67 Å². The number of hydrogen-bond donors (Lipinski definition) is 0. The second kappa shape index (κ2) is 6.68. The Morgan fingerprint density at radius 3 is 2.41 bits per heavy atom. The molecule has 0 N–H and O–H groups in total. The molecule has 0 bridgehead atoms. The normalized spacial score (nSPS) is 19.0. The molecule has 2 aromatic rings. The summed E-state index contributed by atoms with van der Waals surface area (Å²) in [6, 6.07) is 13.4. The molecule has 0 radical (unpaired) electrons. The highest BCUT2D eigenvalue weighted by molar-refractivity contribution is 6.20. The Balaban J connectivity index is 2.08. The topological polar surface area (TPSA) is 55.8 Å². The van der Waals surface area contributed by atoms with Gasteiger partial charge in [-0.25, -0.2) is 14.1 Å². The molecule has 6 heteroatoms. The highest BCUT2D eigenvalue weighted by Crippen LogP contribution is 2.47. The summed E-state index contributed by atoms with van der Waals surface area (Å²) >= 11 is 0. The predicted molar refractivity (Wildman–Crippen MR) is 99.6 cm³/mol. The Kier molecular flexibility index (Phi) is 4.68. The average molecular weight is 371 g/mol. The number of rotatable bonds is 3. The number of methoxy groups -OCH3 is 1. The molecule has 0 fully saturated rings. The Bertz CT molecular complexity index is 875. The van der Waals surface area contributed by atoms with Crippen LogP contribution in [0.4, 0.5) is 14.9 Å². The van der Waals surface area contributed by atoms with Crippen LogP contribution in [0.25, 0.3) is 0 Å². The van der Waals surface area contributed by atoms with Crippen LogP contribution in [0.15, 0.2) is 48.5 Å². The number of fused-ring (bicyclic) bond motifs is 1. The minimum atomic E-state index is -2.39. The van der Waals surface area contributed by atoms with E-state index in [9.17, 15) is 9.59 Å². The van der Waals surface area contributed by atoms with Crippen LogP contribution in [0.2, 0.25) is 0 Å². The van der Waals surface area contributed by atoms with E-state index in [4.69, 9.17) is 9.47 Å². The minimum absolute atomic E-state index is 0.0987. The molecule has 0 unspecified atom stereocenters. The van der Waals surface area contributed by atoms with Crippen LogP contribution in [-0.4, -0.2) is 24.7 Å². The molecule has 0 aromatic heterocycles. The van der Waals surface area contributed by atoms with Gasteiger partial charge in [-0.15, -0.1) is 0 Å². The number of halogens is 1. The van der Waals surface area contributed by atoms with Crippen LogP contribution in [0, 0.1) is 0 Å². The lowest BCUT2D eigenvalue weighted by atomic mass is 9.90. The van der Waals surface area contributed by atoms with E-state index in [1.54, 1.807) is 51.1 Å². The Morgan fingerprint density at radius 2 is 1.81 bits per heavy atom. The van der Waals surface area contributed by atoms with Crippen LogP contribution in [0.1, 0.15) is 31.9 Å². The van der Waals surface area contributed by atoms with E-state index in [0.717, 1.165) is 4.90 Å². The van der Waals surface area contributed by atoms with Crippen molar-refractivity contribution < 1.29 is 23.5 Å². The quantitative estimate of drug-likeness (QED) is 0.803. The van der Waals surface area contributed by atoms with Crippen molar-refractivity contribution in [2.75, 3.05) is 12.0 Å². The zero-order valence-corrected chi connectivity index (χ0v) is 15.8. The molecule has 0 spiro atoms. The zero-order valence-electron chi connectivity index (χ0n) is 15.8. The molecule has 1 heterocycles. The summed E-state index contributed by atoms with van der Waals surface area (Å²) < 4.78 is 26.6. The first-order chi connectivity index (χ1) is 12.7. The first-order valence-electron chi connectivity index (χ1n) is 8.64. The van der Waals surface area contributed by atoms with E-state index < -0.39 is 23.3 Å². The lowest BCUT2D eigenvalue weighted by Crippen LogP contribution is -2.44. The van der Waals surface area contributed by atoms with Gasteiger partial charge in [-0.05, 0) is 44.5 Å². The summed E-state index contributed by atoms with van der Waals surface area (Å²) in [5.74, 6) is -0.550. The molecule has 3 rings (SSSR count). The first-order valence-corrected chi connectivity index (χ1v) is 8.64. The van der Waals surface area contributed by atoms with Crippen molar-refractivity contribution in [3.63, 3.8) is 0 Å². The number of imide groups is 1. The van der Waals surface area contributed by atoms with Crippen molar-refractivity contribution >= 4 is 17.7 Å². The summed E-state index contributed by atoms with van der Waals surface area (Å²) in [6.07, 6.45) is -1.09. The fourth-order valence-electron chi connectivity index (χ4n) is 3.09. The molecule has 142 valence electrons. The average Bonchev–Trinajstić information content (AvgIpc) is 2.81. The summed E-state index contributed by atoms with van der Waals surface area (Å²) in [7, 11) is 1.46. The second-order valence-corrected chi connectivity index (χ2v) is 7.47. The Morgan fingerprint density at radius 1 is 1.15 bits per heavy atom. The number of nitrogens with zero attached hydrogens (tertiary/aromatic N) is 1. The van der Waals surface area contributed by atoms with Crippen LogP contribution in [0.3, 0.4) is 0 Å². The summed E-state index contributed by atoms with van der Waals surface area (Å²) in [6.45, 7) is 5.06. The number of ether oxygens (including phenoxy) is 2. The van der Waals surface area contributed by atoms with Gasteiger partial charge >= 0.3 is 6.09 Å². The third-order valence-electron chi connectivity index (χ3n) is 4.28. The molecule has 1 atom stereocenters. The van der Waals surface area contributed by atoms with E-state index in [1.807, 2.05) is 6.07 Å². The summed E-state index contributed by atoms with van der Waals surface area (Å²) in [5, 5.41) is 0. The number of amides is 2. The molecule has 0 aliphatic carbocycles. The number of hydrogen-bond acceptors (Lipinski definition) is 4. The van der Waals surface area contributed by atoms with E-state index in [-0.39, 0.29) is 17.7 Å². The van der Waals surface area contributed by atoms with Crippen LogP contribution >= 0.6 is 0 Å². The zero-order chi connectivity index (χ0) is 19.8. The first kappa shape index (κ1) is 18.9. The highest BCUT2D eigenvalue weighted by Gasteiger charge is 2.55. The maximum Gasteiger partial charge on any atom is 0.421 e. The Hall–Kier alpha value is -2.89. The summed E-state index contributed by atoms with van der Waals surface area (Å²) in [5.41, 5.74) is -2.28. The van der Waals surface area contributed by atoms with Crippen molar-refractivity contribution in [3.8, 4) is 5.75 Å². The lowest BCUT2D eigenvalue weighted by molar-refractivity contribution is -0.129. The fourth-order valence-corrected chi connectivity index (χ4v) is 3.09. The summed E-state index contributed by atoms with van der Waals surface area (Å²) in [4.78, 5) is 26.4. The number of carbonyl (C=O) groups excluding carboxylic acids is 2. The molecular weight excluding hydrogens is 349 g/mol. The van der Waals surface area contributed by atoms with Crippen molar-refractivity contribution in [1.29, 1.82) is 0 Å². The standard InChI is InChI=1S/C21H22FNO4/c1-20(2,3)27-19(25)23-17-11-10-15(26-4)12-16(17)21(22,18(23)24)13-14-8-6-5-7-9-14/h5-12H,13H2,1-4H3/t21-/m1/s1. The number of alkyl halides is 1. The minimum Gasteiger partial charge on any atom is -0.497 e. The molecule has 27 heavy (non-hydrogen) atoms. The molecule has 0 saturated heterocycles. The van der Waals surface area contributed by atoms with E-state index in [2.05, 4.69) is 0 Å². The highest BCUT2D eigenvalue weighted by atomic mass is 19.1.